The van der Waals surface area contributed by atoms with Gasteiger partial charge >= 0.3 is 0 Å². The molecule has 0 radical (unpaired) electrons. The van der Waals surface area contributed by atoms with Crippen molar-refractivity contribution in [3.8, 4) is 0 Å². The van der Waals surface area contributed by atoms with Crippen molar-refractivity contribution in [1.29, 1.82) is 0 Å². The van der Waals surface area contributed by atoms with Gasteiger partial charge in [0.25, 0.3) is 11.8 Å². The molecule has 1 saturated heterocycles. The number of carbonyl (C=O) groups is 2. The van der Waals surface area contributed by atoms with Gasteiger partial charge in [-0.25, -0.2) is 0 Å². The Hall–Kier alpha value is -1.26. The Balaban J connectivity index is 1.97. The van der Waals surface area contributed by atoms with Crippen LogP contribution in [-0.2, 0) is 4.79 Å². The molecular formula is C14H16Cl2N2O2. The topological polar surface area (TPSA) is 40.6 Å². The van der Waals surface area contributed by atoms with Crippen molar-refractivity contribution in [3.63, 3.8) is 0 Å². The van der Waals surface area contributed by atoms with E-state index in [4.69, 9.17) is 23.2 Å². The lowest BCUT2D eigenvalue weighted by molar-refractivity contribution is -0.130. The third-order valence-electron chi connectivity index (χ3n) is 3.33. The van der Waals surface area contributed by atoms with Gasteiger partial charge in [-0.2, -0.15) is 0 Å². The number of benzene rings is 1. The van der Waals surface area contributed by atoms with Crippen LogP contribution in [0.4, 0.5) is 0 Å². The summed E-state index contributed by atoms with van der Waals surface area (Å²) < 4.78 is 0. The first-order valence-corrected chi connectivity index (χ1v) is 7.29. The van der Waals surface area contributed by atoms with Crippen LogP contribution in [-0.4, -0.2) is 52.6 Å². The summed E-state index contributed by atoms with van der Waals surface area (Å²) in [6.07, 6.45) is 0. The van der Waals surface area contributed by atoms with Crippen molar-refractivity contribution in [2.75, 3.05) is 26.2 Å². The van der Waals surface area contributed by atoms with Crippen LogP contribution in [0.15, 0.2) is 24.3 Å². The third-order valence-corrected chi connectivity index (χ3v) is 3.70. The highest BCUT2D eigenvalue weighted by atomic mass is 35.5. The van der Waals surface area contributed by atoms with Crippen molar-refractivity contribution in [1.82, 2.24) is 9.80 Å². The first-order chi connectivity index (χ1) is 9.49. The van der Waals surface area contributed by atoms with Crippen LogP contribution in [0.3, 0.4) is 0 Å². The SMILES string of the molecule is Cc1cccc(C(=O)N2CCN(C(=O)C(Cl)Cl)CC2)c1. The molecule has 0 atom stereocenters. The molecule has 0 spiro atoms. The smallest absolute Gasteiger partial charge is 0.255 e. The summed E-state index contributed by atoms with van der Waals surface area (Å²) in [6, 6.07) is 7.50. The molecule has 4 nitrogen and oxygen atoms in total. The number of aryl methyl sites for hydroxylation is 1. The lowest BCUT2D eigenvalue weighted by Crippen LogP contribution is -2.51. The van der Waals surface area contributed by atoms with Crippen LogP contribution >= 0.6 is 23.2 Å². The van der Waals surface area contributed by atoms with Crippen LogP contribution in [0.2, 0.25) is 0 Å². The molecule has 2 rings (SSSR count). The molecule has 1 heterocycles. The molecule has 20 heavy (non-hydrogen) atoms. The van der Waals surface area contributed by atoms with E-state index in [0.29, 0.717) is 31.7 Å². The number of carbonyl (C=O) groups excluding carboxylic acids is 2. The number of rotatable bonds is 2. The van der Waals surface area contributed by atoms with Crippen LogP contribution in [0.25, 0.3) is 0 Å². The minimum Gasteiger partial charge on any atom is -0.337 e. The summed E-state index contributed by atoms with van der Waals surface area (Å²) in [6.45, 7) is 3.88. The molecule has 0 bridgehead atoms. The van der Waals surface area contributed by atoms with Gasteiger partial charge in [0, 0.05) is 31.7 Å². The monoisotopic (exact) mass is 314 g/mol. The lowest BCUT2D eigenvalue weighted by Gasteiger charge is -2.35. The van der Waals surface area contributed by atoms with Crippen molar-refractivity contribution >= 4 is 35.0 Å². The quantitative estimate of drug-likeness (QED) is 0.784. The molecule has 0 aliphatic carbocycles. The zero-order valence-corrected chi connectivity index (χ0v) is 12.7. The minimum atomic E-state index is -1.03. The maximum absolute atomic E-state index is 12.3. The molecule has 0 N–H and O–H groups in total. The number of amides is 2. The zero-order chi connectivity index (χ0) is 14.7. The fourth-order valence-corrected chi connectivity index (χ4v) is 2.50. The van der Waals surface area contributed by atoms with Gasteiger partial charge in [0.05, 0.1) is 0 Å². The molecule has 6 heteroatoms. The van der Waals surface area contributed by atoms with Crippen molar-refractivity contribution in [2.45, 2.75) is 11.8 Å². The van der Waals surface area contributed by atoms with Crippen LogP contribution in [0.5, 0.6) is 0 Å². The Morgan fingerprint density at radius 3 is 2.25 bits per heavy atom. The number of alkyl halides is 2. The van der Waals surface area contributed by atoms with Gasteiger partial charge in [-0.15, -0.1) is 0 Å². The summed E-state index contributed by atoms with van der Waals surface area (Å²) >= 11 is 11.1. The molecule has 0 aromatic heterocycles. The summed E-state index contributed by atoms with van der Waals surface area (Å²) in [5, 5.41) is 0. The van der Waals surface area contributed by atoms with Crippen LogP contribution in [0, 0.1) is 6.92 Å². The maximum Gasteiger partial charge on any atom is 0.255 e. The van der Waals surface area contributed by atoms with E-state index in [2.05, 4.69) is 0 Å². The highest BCUT2D eigenvalue weighted by Crippen LogP contribution is 2.13. The summed E-state index contributed by atoms with van der Waals surface area (Å²) in [5.41, 5.74) is 1.73. The number of halogens is 2. The van der Waals surface area contributed by atoms with Gasteiger partial charge in [-0.05, 0) is 19.1 Å². The fourth-order valence-electron chi connectivity index (χ4n) is 2.23. The Morgan fingerprint density at radius 1 is 1.10 bits per heavy atom. The van der Waals surface area contributed by atoms with E-state index in [9.17, 15) is 9.59 Å². The van der Waals surface area contributed by atoms with Crippen molar-refractivity contribution in [2.24, 2.45) is 0 Å². The molecule has 1 aromatic carbocycles. The van der Waals surface area contributed by atoms with Gasteiger partial charge in [-0.1, -0.05) is 40.9 Å². The van der Waals surface area contributed by atoms with E-state index in [0.717, 1.165) is 5.56 Å². The molecule has 0 unspecified atom stereocenters. The van der Waals surface area contributed by atoms with Crippen LogP contribution in [0.1, 0.15) is 15.9 Å². The van der Waals surface area contributed by atoms with Gasteiger partial charge < -0.3 is 9.80 Å². The van der Waals surface area contributed by atoms with E-state index >= 15 is 0 Å². The van der Waals surface area contributed by atoms with Gasteiger partial charge in [0.15, 0.2) is 4.84 Å². The highest BCUT2D eigenvalue weighted by Gasteiger charge is 2.27. The number of hydrogen-bond acceptors (Lipinski definition) is 2. The maximum atomic E-state index is 12.3. The Labute approximate surface area is 128 Å². The summed E-state index contributed by atoms with van der Waals surface area (Å²) in [4.78, 5) is 26.3. The first-order valence-electron chi connectivity index (χ1n) is 6.42. The minimum absolute atomic E-state index is 0.00547. The van der Waals surface area contributed by atoms with E-state index < -0.39 is 4.84 Å². The molecule has 108 valence electrons. The van der Waals surface area contributed by atoms with Gasteiger partial charge in [-0.3, -0.25) is 9.59 Å². The van der Waals surface area contributed by atoms with Crippen LogP contribution < -0.4 is 0 Å². The second-order valence-electron chi connectivity index (χ2n) is 4.79. The number of hydrogen-bond donors (Lipinski definition) is 0. The Morgan fingerprint density at radius 2 is 1.70 bits per heavy atom. The Bertz CT molecular complexity index is 512. The average Bonchev–Trinajstić information content (AvgIpc) is 2.46. The van der Waals surface area contributed by atoms with Gasteiger partial charge in [0.1, 0.15) is 0 Å². The Kier molecular flexibility index (Phi) is 4.89. The molecule has 1 aliphatic heterocycles. The van der Waals surface area contributed by atoms with E-state index in [1.807, 2.05) is 25.1 Å². The predicted molar refractivity (Wildman–Crippen MR) is 79.2 cm³/mol. The zero-order valence-electron chi connectivity index (χ0n) is 11.2. The van der Waals surface area contributed by atoms with E-state index in [-0.39, 0.29) is 11.8 Å². The molecule has 1 aromatic rings. The molecule has 2 amide bonds. The highest BCUT2D eigenvalue weighted by molar-refractivity contribution is 6.53. The van der Waals surface area contributed by atoms with Gasteiger partial charge in [0.2, 0.25) is 0 Å². The third kappa shape index (κ3) is 3.44. The van der Waals surface area contributed by atoms with E-state index in [1.165, 1.54) is 0 Å². The number of nitrogens with zero attached hydrogens (tertiary/aromatic N) is 2. The predicted octanol–water partition coefficient (Wildman–Crippen LogP) is 2.08. The van der Waals surface area contributed by atoms with E-state index in [1.54, 1.807) is 15.9 Å². The molecule has 0 saturated carbocycles. The van der Waals surface area contributed by atoms with Crippen molar-refractivity contribution < 1.29 is 9.59 Å². The largest absolute Gasteiger partial charge is 0.337 e. The molecule has 1 aliphatic rings. The standard InChI is InChI=1S/C14H16Cl2N2O2/c1-10-3-2-4-11(9-10)13(19)17-5-7-18(8-6-17)14(20)12(15)16/h2-4,9,12H,5-8H2,1H3. The first kappa shape index (κ1) is 15.1. The molecular weight excluding hydrogens is 299 g/mol. The second-order valence-corrected chi connectivity index (χ2v) is 5.88. The van der Waals surface area contributed by atoms with Crippen molar-refractivity contribution in [3.05, 3.63) is 35.4 Å². The number of piperazine rings is 1. The fraction of sp³-hybridized carbons (Fsp3) is 0.429. The summed E-state index contributed by atoms with van der Waals surface area (Å²) in [7, 11) is 0. The summed E-state index contributed by atoms with van der Waals surface area (Å²) in [5.74, 6) is -0.301. The average molecular weight is 315 g/mol. The normalized spacial score (nSPS) is 15.6. The lowest BCUT2D eigenvalue weighted by atomic mass is 10.1. The second kappa shape index (κ2) is 6.46. The molecule has 1 fully saturated rings.